The highest BCUT2D eigenvalue weighted by Gasteiger charge is 2.16. The molecule has 0 unspecified atom stereocenters. The van der Waals surface area contributed by atoms with Gasteiger partial charge in [0, 0.05) is 0 Å². The van der Waals surface area contributed by atoms with Gasteiger partial charge in [-0.15, -0.1) is 0 Å². The van der Waals surface area contributed by atoms with Crippen LogP contribution >= 0.6 is 0 Å². The Bertz CT molecular complexity index is 460. The molecule has 0 amide bonds. The average Bonchev–Trinajstić information content (AvgIpc) is 2.31. The zero-order valence-electron chi connectivity index (χ0n) is 9.34. The van der Waals surface area contributed by atoms with Crippen molar-refractivity contribution in [3.05, 3.63) is 41.8 Å². The second-order valence-corrected chi connectivity index (χ2v) is 2.99. The number of benzene rings is 1. The van der Waals surface area contributed by atoms with E-state index in [4.69, 9.17) is 15.7 Å². The number of hydrogen-bond donors (Lipinski definition) is 1. The first-order chi connectivity index (χ1) is 8.19. The lowest BCUT2D eigenvalue weighted by atomic mass is 10.3. The van der Waals surface area contributed by atoms with Crippen LogP contribution in [0.2, 0.25) is 0 Å². The van der Waals surface area contributed by atoms with Crippen LogP contribution in [0, 0.1) is 11.3 Å². The molecule has 2 N–H and O–H groups in total. The summed E-state index contributed by atoms with van der Waals surface area (Å²) in [5, 5.41) is 8.80. The van der Waals surface area contributed by atoms with E-state index in [0.717, 1.165) is 0 Å². The zero-order chi connectivity index (χ0) is 12.7. The number of carbonyl (C=O) groups is 1. The molecule has 17 heavy (non-hydrogen) atoms. The molecule has 1 aromatic carbocycles. The molecule has 0 radical (unpaired) electrons. The van der Waals surface area contributed by atoms with E-state index in [1.807, 2.05) is 6.07 Å². The van der Waals surface area contributed by atoms with Crippen LogP contribution in [-0.4, -0.2) is 12.6 Å². The number of nitrogens with zero attached hydrogens (tertiary/aromatic N) is 1. The molecule has 0 aliphatic carbocycles. The summed E-state index contributed by atoms with van der Waals surface area (Å²) in [5.41, 5.74) is 5.19. The smallest absolute Gasteiger partial charge is 0.354 e. The fraction of sp³-hybridized carbons (Fsp3) is 0.167. The number of nitriles is 1. The van der Waals surface area contributed by atoms with Crippen LogP contribution < -0.4 is 10.5 Å². The van der Waals surface area contributed by atoms with Crippen molar-refractivity contribution in [3.63, 3.8) is 0 Å². The van der Waals surface area contributed by atoms with Crippen molar-refractivity contribution < 1.29 is 14.3 Å². The maximum Gasteiger partial charge on any atom is 0.354 e. The van der Waals surface area contributed by atoms with Crippen molar-refractivity contribution in [1.82, 2.24) is 0 Å². The lowest BCUT2D eigenvalue weighted by Gasteiger charge is -2.07. The summed E-state index contributed by atoms with van der Waals surface area (Å²) in [6.07, 6.45) is 0. The highest BCUT2D eigenvalue weighted by atomic mass is 16.5. The summed E-state index contributed by atoms with van der Waals surface area (Å²) in [4.78, 5) is 11.3. The van der Waals surface area contributed by atoms with Gasteiger partial charge in [-0.05, 0) is 19.1 Å². The van der Waals surface area contributed by atoms with E-state index in [1.54, 1.807) is 37.3 Å². The van der Waals surface area contributed by atoms with Gasteiger partial charge in [0.05, 0.1) is 6.61 Å². The molecule has 0 fully saturated rings. The number of rotatable bonds is 4. The molecule has 0 saturated carbocycles. The molecular formula is C12H12N2O3. The van der Waals surface area contributed by atoms with Crippen molar-refractivity contribution in [2.45, 2.75) is 6.92 Å². The molecular weight excluding hydrogens is 220 g/mol. The second-order valence-electron chi connectivity index (χ2n) is 2.99. The van der Waals surface area contributed by atoms with E-state index in [2.05, 4.69) is 4.74 Å². The van der Waals surface area contributed by atoms with E-state index in [9.17, 15) is 4.79 Å². The van der Waals surface area contributed by atoms with E-state index in [1.165, 1.54) is 0 Å². The molecule has 0 bridgehead atoms. The number of ether oxygens (including phenoxy) is 2. The number of nitrogens with two attached hydrogens (primary N) is 1. The Morgan fingerprint density at radius 2 is 2.06 bits per heavy atom. The molecule has 0 saturated heterocycles. The van der Waals surface area contributed by atoms with Crippen LogP contribution in [0.25, 0.3) is 0 Å². The summed E-state index contributed by atoms with van der Waals surface area (Å²) >= 11 is 0. The van der Waals surface area contributed by atoms with Gasteiger partial charge in [-0.1, -0.05) is 18.2 Å². The molecule has 88 valence electrons. The van der Waals surface area contributed by atoms with Gasteiger partial charge in [0.15, 0.2) is 5.57 Å². The molecule has 0 aromatic heterocycles. The first kappa shape index (κ1) is 12.6. The predicted octanol–water partition coefficient (Wildman–Crippen LogP) is 1.32. The Hall–Kier alpha value is -2.48. The quantitative estimate of drug-likeness (QED) is 0.366. The first-order valence-corrected chi connectivity index (χ1v) is 4.99. The van der Waals surface area contributed by atoms with Crippen molar-refractivity contribution in [1.29, 1.82) is 5.26 Å². The van der Waals surface area contributed by atoms with Crippen LogP contribution in [0.15, 0.2) is 41.8 Å². The minimum absolute atomic E-state index is 0.169. The average molecular weight is 232 g/mol. The molecule has 0 aliphatic rings. The largest absolute Gasteiger partial charge is 0.462 e. The molecule has 1 aromatic rings. The summed E-state index contributed by atoms with van der Waals surface area (Å²) < 4.78 is 9.84. The molecule has 0 spiro atoms. The Morgan fingerprint density at radius 3 is 2.59 bits per heavy atom. The van der Waals surface area contributed by atoms with Gasteiger partial charge < -0.3 is 15.2 Å². The van der Waals surface area contributed by atoms with E-state index < -0.39 is 5.97 Å². The molecule has 0 heterocycles. The predicted molar refractivity (Wildman–Crippen MR) is 60.5 cm³/mol. The van der Waals surface area contributed by atoms with Gasteiger partial charge in [0.1, 0.15) is 11.8 Å². The van der Waals surface area contributed by atoms with Crippen LogP contribution in [0.1, 0.15) is 6.92 Å². The van der Waals surface area contributed by atoms with Gasteiger partial charge in [-0.2, -0.15) is 5.26 Å². The number of esters is 1. The zero-order valence-corrected chi connectivity index (χ0v) is 9.34. The maximum atomic E-state index is 11.3. The van der Waals surface area contributed by atoms with E-state index in [0.29, 0.717) is 5.75 Å². The first-order valence-electron chi connectivity index (χ1n) is 4.99. The van der Waals surface area contributed by atoms with E-state index in [-0.39, 0.29) is 18.1 Å². The third-order valence-corrected chi connectivity index (χ3v) is 1.81. The Morgan fingerprint density at radius 1 is 1.41 bits per heavy atom. The molecule has 0 atom stereocenters. The number of hydrogen-bond acceptors (Lipinski definition) is 5. The van der Waals surface area contributed by atoms with Crippen molar-refractivity contribution >= 4 is 5.97 Å². The number of carbonyl (C=O) groups excluding carboxylic acids is 1. The number of para-hydroxylation sites is 1. The van der Waals surface area contributed by atoms with Crippen LogP contribution in [-0.2, 0) is 9.53 Å². The molecule has 5 heteroatoms. The normalized spacial score (nSPS) is 11.1. The maximum absolute atomic E-state index is 11.3. The Labute approximate surface area is 99.1 Å². The minimum atomic E-state index is -0.788. The van der Waals surface area contributed by atoms with Crippen molar-refractivity contribution in [2.75, 3.05) is 6.61 Å². The summed E-state index contributed by atoms with van der Waals surface area (Å²) in [7, 11) is 0. The topological polar surface area (TPSA) is 85.3 Å². The lowest BCUT2D eigenvalue weighted by Crippen LogP contribution is -2.16. The third-order valence-electron chi connectivity index (χ3n) is 1.81. The monoisotopic (exact) mass is 232 g/mol. The SMILES string of the molecule is CCOC(=O)/C(C#N)=C(/N)Oc1ccccc1. The molecule has 5 nitrogen and oxygen atoms in total. The highest BCUT2D eigenvalue weighted by molar-refractivity contribution is 5.93. The fourth-order valence-corrected chi connectivity index (χ4v) is 1.07. The van der Waals surface area contributed by atoms with Crippen molar-refractivity contribution in [2.24, 2.45) is 5.73 Å². The standard InChI is InChI=1S/C12H12N2O3/c1-2-16-12(15)10(8-13)11(14)17-9-6-4-3-5-7-9/h3-7H,2,14H2,1H3/b11-10-. The van der Waals surface area contributed by atoms with Gasteiger partial charge in [-0.25, -0.2) is 4.79 Å². The fourth-order valence-electron chi connectivity index (χ4n) is 1.07. The van der Waals surface area contributed by atoms with Gasteiger partial charge >= 0.3 is 5.97 Å². The van der Waals surface area contributed by atoms with Gasteiger partial charge in [-0.3, -0.25) is 0 Å². The van der Waals surface area contributed by atoms with Gasteiger partial charge in [0.25, 0.3) is 0 Å². The Kier molecular flexibility index (Phi) is 4.58. The summed E-state index contributed by atoms with van der Waals surface area (Å²) in [6.45, 7) is 1.81. The van der Waals surface area contributed by atoms with Crippen LogP contribution in [0.5, 0.6) is 5.75 Å². The molecule has 1 rings (SSSR count). The summed E-state index contributed by atoms with van der Waals surface area (Å²) in [6, 6.07) is 10.3. The van der Waals surface area contributed by atoms with Crippen LogP contribution in [0.4, 0.5) is 0 Å². The van der Waals surface area contributed by atoms with Crippen LogP contribution in [0.3, 0.4) is 0 Å². The molecule has 0 aliphatic heterocycles. The highest BCUT2D eigenvalue weighted by Crippen LogP contribution is 2.12. The van der Waals surface area contributed by atoms with Gasteiger partial charge in [0.2, 0.25) is 5.88 Å². The Balaban J connectivity index is 2.88. The van der Waals surface area contributed by atoms with Crippen molar-refractivity contribution in [3.8, 4) is 11.8 Å². The lowest BCUT2D eigenvalue weighted by molar-refractivity contribution is -0.138. The summed E-state index contributed by atoms with van der Waals surface area (Å²) in [5.74, 6) is -0.609. The minimum Gasteiger partial charge on any atom is -0.462 e. The third kappa shape index (κ3) is 3.54. The second kappa shape index (κ2) is 6.18. The van der Waals surface area contributed by atoms with E-state index >= 15 is 0 Å².